The van der Waals surface area contributed by atoms with Crippen molar-refractivity contribution in [1.29, 1.82) is 0 Å². The van der Waals surface area contributed by atoms with Crippen molar-refractivity contribution in [2.45, 2.75) is 316 Å². The van der Waals surface area contributed by atoms with Crippen molar-refractivity contribution in [2.24, 2.45) is 0 Å². The number of ether oxygens (including phenoxy) is 4. The van der Waals surface area contributed by atoms with E-state index in [1.807, 2.05) is 0 Å². The summed E-state index contributed by atoms with van der Waals surface area (Å²) in [6.07, 6.45) is 91.8. The van der Waals surface area contributed by atoms with Crippen LogP contribution in [-0.4, -0.2) is 96.7 Å². The molecule has 0 aromatic heterocycles. The second-order valence-electron chi connectivity index (χ2n) is 26.2. The van der Waals surface area contributed by atoms with E-state index in [1.165, 1.54) is 0 Å². The highest BCUT2D eigenvalue weighted by molar-refractivity contribution is 7.47. The van der Waals surface area contributed by atoms with Gasteiger partial charge >= 0.3 is 39.5 Å². The first-order valence-electron chi connectivity index (χ1n) is 40.4. The fourth-order valence-corrected chi connectivity index (χ4v) is 11.7. The van der Waals surface area contributed by atoms with Crippen molar-refractivity contribution >= 4 is 39.5 Å². The Kier molecular flexibility index (Phi) is 73.5. The number of allylic oxidation sites excluding steroid dienone is 28. The molecular formula is C87H142O17P2. The zero-order valence-electron chi connectivity index (χ0n) is 65.8. The van der Waals surface area contributed by atoms with Crippen LogP contribution >= 0.6 is 15.6 Å². The fourth-order valence-electron chi connectivity index (χ4n) is 10.1. The Bertz CT molecular complexity index is 2680. The molecule has 0 aliphatic rings. The summed E-state index contributed by atoms with van der Waals surface area (Å²) in [4.78, 5) is 73.1. The third kappa shape index (κ3) is 76.6. The van der Waals surface area contributed by atoms with Crippen molar-refractivity contribution in [2.75, 3.05) is 39.6 Å². The van der Waals surface area contributed by atoms with Gasteiger partial charge in [0.15, 0.2) is 12.2 Å². The third-order valence-electron chi connectivity index (χ3n) is 16.1. The molecular weight excluding hydrogens is 1380 g/mol. The van der Waals surface area contributed by atoms with Crippen LogP contribution in [0, 0.1) is 0 Å². The number of phosphoric ester groups is 2. The molecule has 0 heterocycles. The maximum absolute atomic E-state index is 13.1. The highest BCUT2D eigenvalue weighted by Gasteiger charge is 2.30. The fraction of sp³-hybridized carbons (Fsp3) is 0.632. The molecule has 0 radical (unpaired) electrons. The summed E-state index contributed by atoms with van der Waals surface area (Å²) in [5.41, 5.74) is 0. The number of unbranched alkanes of at least 4 members (excludes halogenated alkanes) is 20. The summed E-state index contributed by atoms with van der Waals surface area (Å²) in [6.45, 7) is 4.37. The van der Waals surface area contributed by atoms with E-state index in [0.717, 1.165) is 218 Å². The van der Waals surface area contributed by atoms with Crippen molar-refractivity contribution in [3.8, 4) is 0 Å². The number of aliphatic hydroxyl groups is 1. The highest BCUT2D eigenvalue weighted by atomic mass is 31.2. The van der Waals surface area contributed by atoms with Crippen LogP contribution in [0.2, 0.25) is 0 Å². The van der Waals surface area contributed by atoms with Crippen LogP contribution in [0.15, 0.2) is 170 Å². The Balaban J connectivity index is 5.44. The normalized spacial score (nSPS) is 14.7. The Morgan fingerprint density at radius 3 is 0.764 bits per heavy atom. The zero-order valence-corrected chi connectivity index (χ0v) is 67.6. The molecule has 0 rings (SSSR count). The monoisotopic (exact) mass is 1520 g/mol. The molecule has 0 saturated heterocycles. The lowest BCUT2D eigenvalue weighted by Gasteiger charge is -2.21. The van der Waals surface area contributed by atoms with Crippen molar-refractivity contribution < 1.29 is 80.2 Å². The number of rotatable bonds is 74. The van der Waals surface area contributed by atoms with Crippen LogP contribution in [0.25, 0.3) is 0 Å². The summed E-state index contributed by atoms with van der Waals surface area (Å²) in [7, 11) is -10.00. The van der Waals surface area contributed by atoms with Gasteiger partial charge in [-0.3, -0.25) is 37.3 Å². The topological polar surface area (TPSA) is 237 Å². The van der Waals surface area contributed by atoms with E-state index in [4.69, 9.17) is 37.0 Å². The molecule has 0 bridgehead atoms. The lowest BCUT2D eigenvalue weighted by molar-refractivity contribution is -0.161. The van der Waals surface area contributed by atoms with Gasteiger partial charge in [0, 0.05) is 25.7 Å². The number of aliphatic hydroxyl groups excluding tert-OH is 1. The Morgan fingerprint density at radius 1 is 0.274 bits per heavy atom. The smallest absolute Gasteiger partial charge is 0.462 e. The van der Waals surface area contributed by atoms with Gasteiger partial charge in [-0.05, 0) is 167 Å². The molecule has 602 valence electrons. The molecule has 0 amide bonds. The first-order chi connectivity index (χ1) is 51.7. The average molecular weight is 1520 g/mol. The highest BCUT2D eigenvalue weighted by Crippen LogP contribution is 2.45. The van der Waals surface area contributed by atoms with Gasteiger partial charge < -0.3 is 33.8 Å². The molecule has 0 aliphatic heterocycles. The van der Waals surface area contributed by atoms with E-state index in [-0.39, 0.29) is 25.7 Å². The second kappa shape index (κ2) is 77.6. The van der Waals surface area contributed by atoms with E-state index in [9.17, 15) is 43.2 Å². The van der Waals surface area contributed by atoms with Gasteiger partial charge in [-0.15, -0.1) is 0 Å². The minimum Gasteiger partial charge on any atom is -0.462 e. The number of phosphoric acid groups is 2. The molecule has 0 aromatic carbocycles. The zero-order chi connectivity index (χ0) is 77.4. The van der Waals surface area contributed by atoms with Crippen LogP contribution in [0.5, 0.6) is 0 Å². The van der Waals surface area contributed by atoms with Gasteiger partial charge in [-0.25, -0.2) is 9.13 Å². The van der Waals surface area contributed by atoms with E-state index < -0.39 is 97.5 Å². The quantitative estimate of drug-likeness (QED) is 0.0169. The van der Waals surface area contributed by atoms with Crippen LogP contribution in [0.1, 0.15) is 297 Å². The summed E-state index contributed by atoms with van der Waals surface area (Å²) in [6, 6.07) is 0. The summed E-state index contributed by atoms with van der Waals surface area (Å²) in [5, 5.41) is 10.7. The van der Waals surface area contributed by atoms with Crippen molar-refractivity contribution in [1.82, 2.24) is 0 Å². The molecule has 106 heavy (non-hydrogen) atoms. The second-order valence-corrected chi connectivity index (χ2v) is 29.1. The average Bonchev–Trinajstić information content (AvgIpc) is 0.907. The van der Waals surface area contributed by atoms with Crippen LogP contribution in [-0.2, 0) is 65.4 Å². The Labute approximate surface area is 642 Å². The minimum absolute atomic E-state index is 0.0668. The Morgan fingerprint density at radius 2 is 0.491 bits per heavy atom. The SMILES string of the molecule is CC/C=C\C/C=C\C/C=C\C/C=C\C/C=C\CCCCCC(=O)OCC(COP(=O)(O)OCC(O)COP(=O)(O)OCC(COC(=O)CCCCCC/C=C\C/C=C\C/C=C\C/C=C\CC)OC(=O)CCCCCCC/C=C\C/C=C\CCC)OC(=O)CCCCCCCCC/C=C\C/C=C\C/C=C\CC. The van der Waals surface area contributed by atoms with Gasteiger partial charge in [0.05, 0.1) is 26.4 Å². The molecule has 0 spiro atoms. The van der Waals surface area contributed by atoms with Gasteiger partial charge in [0.25, 0.3) is 0 Å². The first kappa shape index (κ1) is 100. The summed E-state index contributed by atoms with van der Waals surface area (Å²) < 4.78 is 68.6. The van der Waals surface area contributed by atoms with E-state index in [1.54, 1.807) is 0 Å². The third-order valence-corrected chi connectivity index (χ3v) is 18.0. The van der Waals surface area contributed by atoms with Gasteiger partial charge in [0.2, 0.25) is 0 Å². The van der Waals surface area contributed by atoms with Crippen LogP contribution in [0.4, 0.5) is 0 Å². The summed E-state index contributed by atoms with van der Waals surface area (Å²) in [5.74, 6) is -2.27. The van der Waals surface area contributed by atoms with E-state index in [0.29, 0.717) is 25.7 Å². The molecule has 0 fully saturated rings. The molecule has 17 nitrogen and oxygen atoms in total. The molecule has 5 unspecified atom stereocenters. The van der Waals surface area contributed by atoms with Crippen LogP contribution < -0.4 is 0 Å². The standard InChI is InChI=1S/C87H142O17P2/c1-5-9-13-17-21-25-29-33-36-39-40-43-45-49-52-56-60-64-68-72-85(90)98-78-83(104-87(92)74-70-66-62-58-54-50-46-42-38-35-31-27-23-19-15-11-7-3)80-102-106(95,96)100-76-81(88)75-99-105(93,94)101-79-82(103-86(91)73-69-65-61-57-53-47-32-28-24-20-16-12-8-4)77-97-84(89)71-67-63-59-55-51-48-44-41-37-34-30-26-22-18-14-10-6-2/h9-11,13-16,20-23,25-28,32-38,40,43-44,48-49,52,81-83,88H,5-8,12,17-19,24,29-31,39,41-42,45-47,50-51,53-80H2,1-4H3,(H,93,94)(H,95,96)/b13-9-,14-10-,15-11-,20-16-,25-21-,26-22-,27-23-,32-28-,36-33-,37-34-,38-35-,43-40-,48-44-,52-49-. The molecule has 3 N–H and O–H groups in total. The predicted octanol–water partition coefficient (Wildman–Crippen LogP) is 23.8. The van der Waals surface area contributed by atoms with Gasteiger partial charge in [0.1, 0.15) is 19.3 Å². The number of hydrogen-bond donors (Lipinski definition) is 3. The van der Waals surface area contributed by atoms with Crippen LogP contribution in [0.3, 0.4) is 0 Å². The number of hydrogen-bond acceptors (Lipinski definition) is 15. The number of carbonyl (C=O) groups excluding carboxylic acids is 4. The lowest BCUT2D eigenvalue weighted by Crippen LogP contribution is -2.30. The predicted molar refractivity (Wildman–Crippen MR) is 436 cm³/mol. The molecule has 19 heteroatoms. The minimum atomic E-state index is -5.00. The Hall–Kier alpha value is -5.58. The van der Waals surface area contributed by atoms with Gasteiger partial charge in [-0.1, -0.05) is 275 Å². The van der Waals surface area contributed by atoms with Gasteiger partial charge in [-0.2, -0.15) is 0 Å². The summed E-state index contributed by atoms with van der Waals surface area (Å²) >= 11 is 0. The largest absolute Gasteiger partial charge is 0.472 e. The molecule has 0 saturated carbocycles. The van der Waals surface area contributed by atoms with E-state index in [2.05, 4.69) is 198 Å². The molecule has 0 aromatic rings. The van der Waals surface area contributed by atoms with Crippen molar-refractivity contribution in [3.05, 3.63) is 170 Å². The number of carbonyl (C=O) groups is 4. The lowest BCUT2D eigenvalue weighted by atomic mass is 10.1. The maximum Gasteiger partial charge on any atom is 0.472 e. The number of esters is 4. The molecule has 0 aliphatic carbocycles. The van der Waals surface area contributed by atoms with Crippen molar-refractivity contribution in [3.63, 3.8) is 0 Å². The molecule has 5 atom stereocenters. The van der Waals surface area contributed by atoms with E-state index >= 15 is 0 Å². The first-order valence-corrected chi connectivity index (χ1v) is 43.4. The maximum atomic E-state index is 13.1.